The molecule has 1 heterocycles. The van der Waals surface area contributed by atoms with E-state index in [0.29, 0.717) is 0 Å². The van der Waals surface area contributed by atoms with Crippen molar-refractivity contribution in [3.05, 3.63) is 28.8 Å². The Kier molecular flexibility index (Phi) is 2.15. The van der Waals surface area contributed by atoms with Crippen LogP contribution < -0.4 is 0 Å². The number of halogens is 1. The molecule has 2 rings (SSSR count). The second-order valence-electron chi connectivity index (χ2n) is 2.63. The summed E-state index contributed by atoms with van der Waals surface area (Å²) in [6, 6.07) is 6.30. The van der Waals surface area contributed by atoms with Gasteiger partial charge in [0.25, 0.3) is 0 Å². The summed E-state index contributed by atoms with van der Waals surface area (Å²) in [7, 11) is 0. The molecule has 0 aliphatic rings. The number of hydrogen-bond donors (Lipinski definition) is 0. The molecule has 12 heavy (non-hydrogen) atoms. The van der Waals surface area contributed by atoms with Gasteiger partial charge >= 0.3 is 0 Å². The Morgan fingerprint density at radius 2 is 2.33 bits per heavy atom. The molecular formula is C9H8BrNS. The van der Waals surface area contributed by atoms with Crippen LogP contribution in [0.15, 0.2) is 18.2 Å². The highest BCUT2D eigenvalue weighted by Crippen LogP contribution is 2.25. The molecule has 0 bridgehead atoms. The maximum absolute atomic E-state index is 4.47. The fourth-order valence-electron chi connectivity index (χ4n) is 1.22. The van der Waals surface area contributed by atoms with Crippen LogP contribution in [0.5, 0.6) is 0 Å². The zero-order valence-electron chi connectivity index (χ0n) is 6.67. The van der Waals surface area contributed by atoms with Gasteiger partial charge in [0.15, 0.2) is 0 Å². The average molecular weight is 242 g/mol. The van der Waals surface area contributed by atoms with Gasteiger partial charge in [-0.05, 0) is 18.6 Å². The van der Waals surface area contributed by atoms with E-state index in [9.17, 15) is 0 Å². The van der Waals surface area contributed by atoms with Crippen molar-refractivity contribution in [3.8, 4) is 0 Å². The molecule has 0 atom stereocenters. The van der Waals surface area contributed by atoms with Crippen LogP contribution >= 0.6 is 27.3 Å². The Morgan fingerprint density at radius 1 is 1.50 bits per heavy atom. The number of nitrogens with zero attached hydrogens (tertiary/aromatic N) is 1. The van der Waals surface area contributed by atoms with Crippen LogP contribution in [0.2, 0.25) is 0 Å². The molecule has 0 saturated carbocycles. The Morgan fingerprint density at radius 3 is 3.08 bits per heavy atom. The van der Waals surface area contributed by atoms with Gasteiger partial charge in [0.05, 0.1) is 15.2 Å². The second-order valence-corrected chi connectivity index (χ2v) is 4.43. The van der Waals surface area contributed by atoms with E-state index in [1.165, 1.54) is 10.3 Å². The molecule has 0 aliphatic heterocycles. The van der Waals surface area contributed by atoms with Gasteiger partial charge in [0.2, 0.25) is 0 Å². The van der Waals surface area contributed by atoms with Crippen LogP contribution in [0.3, 0.4) is 0 Å². The van der Waals surface area contributed by atoms with Gasteiger partial charge in [-0.3, -0.25) is 0 Å². The maximum Gasteiger partial charge on any atom is 0.0907 e. The molecule has 0 amide bonds. The first-order valence-electron chi connectivity index (χ1n) is 3.72. The summed E-state index contributed by atoms with van der Waals surface area (Å²) in [5.41, 5.74) is 2.42. The van der Waals surface area contributed by atoms with E-state index >= 15 is 0 Å². The van der Waals surface area contributed by atoms with Crippen molar-refractivity contribution in [3.63, 3.8) is 0 Å². The Labute approximate surface area is 83.6 Å². The highest BCUT2D eigenvalue weighted by Gasteiger charge is 2.03. The van der Waals surface area contributed by atoms with Gasteiger partial charge in [-0.2, -0.15) is 0 Å². The molecule has 0 N–H and O–H groups in total. The van der Waals surface area contributed by atoms with Gasteiger partial charge in [-0.1, -0.05) is 28.1 Å². The molecular weight excluding hydrogens is 234 g/mol. The number of benzene rings is 1. The molecule has 2 aromatic rings. The third-order valence-corrected chi connectivity index (χ3v) is 3.29. The van der Waals surface area contributed by atoms with Gasteiger partial charge < -0.3 is 0 Å². The fourth-order valence-corrected chi connectivity index (χ4v) is 2.55. The van der Waals surface area contributed by atoms with E-state index in [1.807, 2.05) is 6.92 Å². The van der Waals surface area contributed by atoms with E-state index in [-0.39, 0.29) is 0 Å². The topological polar surface area (TPSA) is 12.9 Å². The van der Waals surface area contributed by atoms with Crippen LogP contribution in [0, 0.1) is 6.92 Å². The van der Waals surface area contributed by atoms with Crippen LogP contribution in [-0.2, 0) is 5.33 Å². The zero-order chi connectivity index (χ0) is 8.55. The molecule has 3 heteroatoms. The zero-order valence-corrected chi connectivity index (χ0v) is 9.08. The van der Waals surface area contributed by atoms with Crippen molar-refractivity contribution in [1.29, 1.82) is 0 Å². The van der Waals surface area contributed by atoms with Crippen LogP contribution in [0.1, 0.15) is 10.6 Å². The number of hydrogen-bond acceptors (Lipinski definition) is 2. The molecule has 0 saturated heterocycles. The average Bonchev–Trinajstić information content (AvgIpc) is 2.44. The molecule has 0 aliphatic carbocycles. The van der Waals surface area contributed by atoms with E-state index in [0.717, 1.165) is 15.9 Å². The summed E-state index contributed by atoms with van der Waals surface area (Å²) < 4.78 is 1.28. The van der Waals surface area contributed by atoms with Gasteiger partial charge in [0.1, 0.15) is 0 Å². The summed E-state index contributed by atoms with van der Waals surface area (Å²) in [4.78, 5) is 4.47. The van der Waals surface area contributed by atoms with E-state index < -0.39 is 0 Å². The largest absolute Gasteiger partial charge is 0.241 e. The lowest BCUT2D eigenvalue weighted by atomic mass is 10.2. The highest BCUT2D eigenvalue weighted by molar-refractivity contribution is 9.08. The Balaban J connectivity index is 2.78. The molecule has 0 fully saturated rings. The van der Waals surface area contributed by atoms with Gasteiger partial charge in [-0.15, -0.1) is 11.3 Å². The molecule has 0 spiro atoms. The standard InChI is InChI=1S/C9H8BrNS/c1-6-11-9-7(5-10)3-2-4-8(9)12-6/h2-4H,5H2,1H3. The quantitative estimate of drug-likeness (QED) is 0.697. The van der Waals surface area contributed by atoms with Crippen LogP contribution in [0.25, 0.3) is 10.2 Å². The Hall–Kier alpha value is -0.410. The number of aromatic nitrogens is 1. The normalized spacial score (nSPS) is 10.8. The lowest BCUT2D eigenvalue weighted by Crippen LogP contribution is -1.79. The van der Waals surface area contributed by atoms with Crippen LogP contribution in [0.4, 0.5) is 0 Å². The van der Waals surface area contributed by atoms with Gasteiger partial charge in [-0.25, -0.2) is 4.98 Å². The molecule has 1 aromatic carbocycles. The third-order valence-electron chi connectivity index (χ3n) is 1.75. The number of para-hydroxylation sites is 1. The maximum atomic E-state index is 4.47. The number of alkyl halides is 1. The molecule has 1 aromatic heterocycles. The lowest BCUT2D eigenvalue weighted by Gasteiger charge is -1.94. The van der Waals surface area contributed by atoms with E-state index in [1.54, 1.807) is 11.3 Å². The van der Waals surface area contributed by atoms with Crippen molar-refractivity contribution in [2.24, 2.45) is 0 Å². The number of thiazole rings is 1. The molecule has 0 unspecified atom stereocenters. The van der Waals surface area contributed by atoms with Crippen molar-refractivity contribution in [2.75, 3.05) is 0 Å². The van der Waals surface area contributed by atoms with Gasteiger partial charge in [0, 0.05) is 5.33 Å². The first kappa shape index (κ1) is 8.20. The van der Waals surface area contributed by atoms with E-state index in [4.69, 9.17) is 0 Å². The minimum atomic E-state index is 0.882. The SMILES string of the molecule is Cc1nc2c(CBr)cccc2s1. The monoisotopic (exact) mass is 241 g/mol. The lowest BCUT2D eigenvalue weighted by molar-refractivity contribution is 1.32. The second kappa shape index (κ2) is 3.15. The van der Waals surface area contributed by atoms with Crippen molar-refractivity contribution >= 4 is 37.5 Å². The first-order chi connectivity index (χ1) is 5.81. The van der Waals surface area contributed by atoms with Crippen molar-refractivity contribution < 1.29 is 0 Å². The van der Waals surface area contributed by atoms with Crippen molar-refractivity contribution in [1.82, 2.24) is 4.98 Å². The van der Waals surface area contributed by atoms with Crippen molar-refractivity contribution in [2.45, 2.75) is 12.3 Å². The minimum absolute atomic E-state index is 0.882. The Bertz CT molecular complexity index is 408. The summed E-state index contributed by atoms with van der Waals surface area (Å²) in [6.07, 6.45) is 0. The minimum Gasteiger partial charge on any atom is -0.241 e. The summed E-state index contributed by atoms with van der Waals surface area (Å²) in [5, 5.41) is 2.02. The number of rotatable bonds is 1. The third kappa shape index (κ3) is 1.27. The fraction of sp³-hybridized carbons (Fsp3) is 0.222. The number of aryl methyl sites for hydroxylation is 1. The highest BCUT2D eigenvalue weighted by atomic mass is 79.9. The summed E-state index contributed by atoms with van der Waals surface area (Å²) >= 11 is 5.20. The molecule has 0 radical (unpaired) electrons. The molecule has 62 valence electrons. The van der Waals surface area contributed by atoms with E-state index in [2.05, 4.69) is 39.1 Å². The predicted molar refractivity (Wildman–Crippen MR) is 57.0 cm³/mol. The summed E-state index contributed by atoms with van der Waals surface area (Å²) in [6.45, 7) is 2.04. The summed E-state index contributed by atoms with van der Waals surface area (Å²) in [5.74, 6) is 0. The molecule has 1 nitrogen and oxygen atoms in total. The van der Waals surface area contributed by atoms with Crippen LogP contribution in [-0.4, -0.2) is 4.98 Å². The smallest absolute Gasteiger partial charge is 0.0907 e. The number of fused-ring (bicyclic) bond motifs is 1. The predicted octanol–water partition coefficient (Wildman–Crippen LogP) is 3.50. The first-order valence-corrected chi connectivity index (χ1v) is 5.66.